The molecule has 0 N–H and O–H groups in total. The number of benzene rings is 13. The maximum atomic E-state index is 2.38. The minimum atomic E-state index is 1.22. The summed E-state index contributed by atoms with van der Waals surface area (Å²) in [6, 6.07) is 81.5. The fourth-order valence-corrected chi connectivity index (χ4v) is 10.8. The molecule has 0 amide bonds. The molecule has 0 aliphatic heterocycles. The molecule has 0 bridgehead atoms. The lowest BCUT2D eigenvalue weighted by Crippen LogP contribution is -1.99. The van der Waals surface area contributed by atoms with E-state index in [1.54, 1.807) is 0 Å². The molecule has 0 unspecified atom stereocenters. The molecule has 13 aromatic carbocycles. The van der Waals surface area contributed by atoms with Gasteiger partial charge in [0.2, 0.25) is 0 Å². The lowest BCUT2D eigenvalue weighted by Gasteiger charge is -2.26. The molecule has 0 spiro atoms. The van der Waals surface area contributed by atoms with E-state index in [4.69, 9.17) is 0 Å². The zero-order valence-corrected chi connectivity index (χ0v) is 32.8. The minimum Gasteiger partial charge on any atom is -0.0622 e. The second-order valence-electron chi connectivity index (χ2n) is 16.2. The zero-order chi connectivity index (χ0) is 39.3. The maximum absolute atomic E-state index is 2.38. The highest BCUT2D eigenvalue weighted by Crippen LogP contribution is 2.55. The van der Waals surface area contributed by atoms with Crippen LogP contribution < -0.4 is 0 Å². The monoisotopic (exact) mass is 756 g/mol. The first-order chi connectivity index (χ1) is 29.8. The first-order valence-corrected chi connectivity index (χ1v) is 20.9. The van der Waals surface area contributed by atoms with E-state index in [1.165, 1.54) is 131 Å². The Morgan fingerprint density at radius 1 is 0.167 bits per heavy atom. The molecule has 0 saturated carbocycles. The van der Waals surface area contributed by atoms with Crippen molar-refractivity contribution in [3.8, 4) is 44.5 Å². The number of hydrogen-bond acceptors (Lipinski definition) is 0. The molecular weight excluding hydrogens is 721 g/mol. The SMILES string of the molecule is c1ccc(-c2c(-c3c4ccccc4c(-c4cccc5c6ccccc6c6ccccc6c45)c4ccccc34)c(-c3ccccc3)c3ccc4cccc5ccc2c3c54)cc1. The standard InChI is InChI=1S/C60H36/c1-3-17-37(18-4-1)54-51-35-33-39-21-15-22-40-34-36-52(59(51)53(39)40)55(38-19-5-2-6-20-38)60(54)58-48-29-13-11-27-46(48)57(47-28-12-14-30-49(47)58)50-32-16-31-45-43-24-8-7-23-41(43)42-25-9-10-26-44(42)56(45)50/h1-36H. The normalized spacial score (nSPS) is 12.0. The van der Waals surface area contributed by atoms with Crippen LogP contribution in [0.1, 0.15) is 0 Å². The molecular formula is C60H36. The predicted molar refractivity (Wildman–Crippen MR) is 259 cm³/mol. The van der Waals surface area contributed by atoms with Gasteiger partial charge in [0.15, 0.2) is 0 Å². The van der Waals surface area contributed by atoms with E-state index in [9.17, 15) is 0 Å². The van der Waals surface area contributed by atoms with Crippen LogP contribution >= 0.6 is 0 Å². The van der Waals surface area contributed by atoms with Crippen molar-refractivity contribution in [1.82, 2.24) is 0 Å². The van der Waals surface area contributed by atoms with Gasteiger partial charge >= 0.3 is 0 Å². The van der Waals surface area contributed by atoms with Crippen LogP contribution in [0.15, 0.2) is 218 Å². The molecule has 0 radical (unpaired) electrons. The van der Waals surface area contributed by atoms with Gasteiger partial charge in [0.05, 0.1) is 0 Å². The predicted octanol–water partition coefficient (Wildman–Crippen LogP) is 17.0. The van der Waals surface area contributed by atoms with Crippen LogP contribution in [-0.4, -0.2) is 0 Å². The molecule has 276 valence electrons. The van der Waals surface area contributed by atoms with E-state index in [0.717, 1.165) is 0 Å². The quantitative estimate of drug-likeness (QED) is 0.124. The van der Waals surface area contributed by atoms with Crippen LogP contribution in [0.4, 0.5) is 0 Å². The minimum absolute atomic E-state index is 1.22. The van der Waals surface area contributed by atoms with Gasteiger partial charge in [-0.1, -0.05) is 218 Å². The molecule has 60 heavy (non-hydrogen) atoms. The van der Waals surface area contributed by atoms with Crippen molar-refractivity contribution in [1.29, 1.82) is 0 Å². The van der Waals surface area contributed by atoms with Crippen LogP contribution in [0.25, 0.3) is 131 Å². The van der Waals surface area contributed by atoms with Crippen molar-refractivity contribution < 1.29 is 0 Å². The average Bonchev–Trinajstić information content (AvgIpc) is 3.32. The second-order valence-corrected chi connectivity index (χ2v) is 16.2. The van der Waals surface area contributed by atoms with Gasteiger partial charge in [0.1, 0.15) is 0 Å². The van der Waals surface area contributed by atoms with Crippen molar-refractivity contribution in [3.05, 3.63) is 218 Å². The Hall–Kier alpha value is -7.80. The summed E-state index contributed by atoms with van der Waals surface area (Å²) >= 11 is 0. The molecule has 0 saturated heterocycles. The summed E-state index contributed by atoms with van der Waals surface area (Å²) in [6.07, 6.45) is 0. The van der Waals surface area contributed by atoms with Crippen LogP contribution in [-0.2, 0) is 0 Å². The van der Waals surface area contributed by atoms with Crippen molar-refractivity contribution in [2.24, 2.45) is 0 Å². The fourth-order valence-electron chi connectivity index (χ4n) is 10.8. The summed E-state index contributed by atoms with van der Waals surface area (Å²) in [4.78, 5) is 0. The Morgan fingerprint density at radius 2 is 0.550 bits per heavy atom. The van der Waals surface area contributed by atoms with E-state index in [1.807, 2.05) is 0 Å². The second kappa shape index (κ2) is 12.9. The molecule has 0 fully saturated rings. The van der Waals surface area contributed by atoms with Gasteiger partial charge in [-0.3, -0.25) is 0 Å². The van der Waals surface area contributed by atoms with Gasteiger partial charge in [0.25, 0.3) is 0 Å². The van der Waals surface area contributed by atoms with Crippen molar-refractivity contribution in [2.75, 3.05) is 0 Å². The molecule has 0 heteroatoms. The third-order valence-corrected chi connectivity index (χ3v) is 13.2. The van der Waals surface area contributed by atoms with Gasteiger partial charge in [0, 0.05) is 0 Å². The number of rotatable bonds is 4. The Balaban J connectivity index is 1.27. The summed E-state index contributed by atoms with van der Waals surface area (Å²) < 4.78 is 0. The fraction of sp³-hybridized carbons (Fsp3) is 0. The highest BCUT2D eigenvalue weighted by Gasteiger charge is 2.27. The molecule has 0 heterocycles. The maximum Gasteiger partial charge on any atom is -0.000182 e. The van der Waals surface area contributed by atoms with E-state index < -0.39 is 0 Å². The summed E-state index contributed by atoms with van der Waals surface area (Å²) in [7, 11) is 0. The van der Waals surface area contributed by atoms with Crippen LogP contribution in [0.2, 0.25) is 0 Å². The van der Waals surface area contributed by atoms with Crippen LogP contribution in [0, 0.1) is 0 Å². The lowest BCUT2D eigenvalue weighted by molar-refractivity contribution is 1.62. The largest absolute Gasteiger partial charge is 0.0622 e. The molecule has 0 nitrogen and oxygen atoms in total. The average molecular weight is 757 g/mol. The lowest BCUT2D eigenvalue weighted by atomic mass is 9.76. The molecule has 0 aromatic heterocycles. The molecule has 13 rings (SSSR count). The zero-order valence-electron chi connectivity index (χ0n) is 32.8. The number of fused-ring (bicyclic) bond motifs is 8. The third kappa shape index (κ3) is 4.62. The number of hydrogen-bond donors (Lipinski definition) is 0. The van der Waals surface area contributed by atoms with Gasteiger partial charge in [-0.2, -0.15) is 0 Å². The van der Waals surface area contributed by atoms with Gasteiger partial charge in [-0.05, 0) is 131 Å². The van der Waals surface area contributed by atoms with Crippen molar-refractivity contribution in [3.63, 3.8) is 0 Å². The van der Waals surface area contributed by atoms with Crippen LogP contribution in [0.5, 0.6) is 0 Å². The van der Waals surface area contributed by atoms with Crippen LogP contribution in [0.3, 0.4) is 0 Å². The highest BCUT2D eigenvalue weighted by atomic mass is 14.3. The third-order valence-electron chi connectivity index (χ3n) is 13.2. The summed E-state index contributed by atoms with van der Waals surface area (Å²) in [6.45, 7) is 0. The molecule has 0 aliphatic carbocycles. The first kappa shape index (κ1) is 33.2. The van der Waals surface area contributed by atoms with Crippen molar-refractivity contribution >= 4 is 86.2 Å². The van der Waals surface area contributed by atoms with E-state index in [0.29, 0.717) is 0 Å². The van der Waals surface area contributed by atoms with E-state index in [-0.39, 0.29) is 0 Å². The molecule has 13 aromatic rings. The van der Waals surface area contributed by atoms with Gasteiger partial charge in [-0.25, -0.2) is 0 Å². The smallest absolute Gasteiger partial charge is 0.000182 e. The summed E-state index contributed by atoms with van der Waals surface area (Å²) in [5.41, 5.74) is 10.0. The Morgan fingerprint density at radius 3 is 1.05 bits per heavy atom. The Labute approximate surface area is 347 Å². The van der Waals surface area contributed by atoms with Gasteiger partial charge < -0.3 is 0 Å². The summed E-state index contributed by atoms with van der Waals surface area (Å²) in [5, 5.41) is 20.5. The topological polar surface area (TPSA) is 0 Å². The molecule has 0 aliphatic rings. The molecule has 0 atom stereocenters. The Bertz CT molecular complexity index is 3650. The summed E-state index contributed by atoms with van der Waals surface area (Å²) in [5.74, 6) is 0. The van der Waals surface area contributed by atoms with E-state index >= 15 is 0 Å². The van der Waals surface area contributed by atoms with E-state index in [2.05, 4.69) is 218 Å². The van der Waals surface area contributed by atoms with Gasteiger partial charge in [-0.15, -0.1) is 0 Å². The first-order valence-electron chi connectivity index (χ1n) is 20.9. The van der Waals surface area contributed by atoms with Crippen molar-refractivity contribution in [2.45, 2.75) is 0 Å². The highest BCUT2D eigenvalue weighted by molar-refractivity contribution is 6.36. The Kier molecular flexibility index (Phi) is 7.11.